The molecule has 0 atom stereocenters. The zero-order chi connectivity index (χ0) is 12.1. The summed E-state index contributed by atoms with van der Waals surface area (Å²) in [6.07, 6.45) is 0. The molecule has 0 fully saturated rings. The van der Waals surface area contributed by atoms with E-state index in [1.54, 1.807) is 17.8 Å². The number of aromatic amines is 2. The Morgan fingerprint density at radius 3 is 3.00 bits per heavy atom. The van der Waals surface area contributed by atoms with Crippen molar-refractivity contribution < 1.29 is 4.74 Å². The molecule has 4 nitrogen and oxygen atoms in total. The maximum atomic E-state index is 5.84. The fourth-order valence-electron chi connectivity index (χ4n) is 1.18. The minimum absolute atomic E-state index is 0.469. The number of hydrogen-bond donors (Lipinski definition) is 2. The van der Waals surface area contributed by atoms with E-state index in [0.29, 0.717) is 21.5 Å². The van der Waals surface area contributed by atoms with Crippen molar-refractivity contribution in [3.05, 3.63) is 39.9 Å². The van der Waals surface area contributed by atoms with Gasteiger partial charge in [-0.05, 0) is 30.4 Å². The Balaban J connectivity index is 1.75. The van der Waals surface area contributed by atoms with E-state index in [-0.39, 0.29) is 0 Å². The van der Waals surface area contributed by atoms with Crippen LogP contribution in [0.1, 0.15) is 5.82 Å². The Kier molecular flexibility index (Phi) is 4.47. The molecule has 7 heteroatoms. The lowest BCUT2D eigenvalue weighted by Crippen LogP contribution is -1.94. The predicted octanol–water partition coefficient (Wildman–Crippen LogP) is 3.39. The van der Waals surface area contributed by atoms with Gasteiger partial charge in [0.25, 0.3) is 0 Å². The maximum absolute atomic E-state index is 5.84. The van der Waals surface area contributed by atoms with Gasteiger partial charge in [-0.1, -0.05) is 17.7 Å². The third-order valence-corrected chi connectivity index (χ3v) is 3.08. The third-order valence-electron chi connectivity index (χ3n) is 1.89. The topological polar surface area (TPSA) is 53.7 Å². The molecule has 0 spiro atoms. The summed E-state index contributed by atoms with van der Waals surface area (Å²) in [4.78, 5) is 4.08. The van der Waals surface area contributed by atoms with Gasteiger partial charge in [0.2, 0.25) is 4.77 Å². The molecule has 0 aliphatic rings. The van der Waals surface area contributed by atoms with Crippen molar-refractivity contribution in [2.45, 2.75) is 5.75 Å². The molecule has 0 amide bonds. The van der Waals surface area contributed by atoms with Gasteiger partial charge in [-0.3, -0.25) is 10.2 Å². The molecule has 2 aromatic rings. The summed E-state index contributed by atoms with van der Waals surface area (Å²) in [5.41, 5.74) is 0. The second kappa shape index (κ2) is 6.09. The molecule has 1 aromatic heterocycles. The van der Waals surface area contributed by atoms with Crippen molar-refractivity contribution >= 4 is 35.6 Å². The van der Waals surface area contributed by atoms with E-state index in [4.69, 9.17) is 28.6 Å². The fraction of sp³-hybridized carbons (Fsp3) is 0.200. The van der Waals surface area contributed by atoms with Crippen LogP contribution in [-0.4, -0.2) is 21.1 Å². The Hall–Kier alpha value is -0.980. The molecule has 0 unspecified atom stereocenters. The van der Waals surface area contributed by atoms with Gasteiger partial charge in [0.05, 0.1) is 5.75 Å². The van der Waals surface area contributed by atoms with E-state index >= 15 is 0 Å². The lowest BCUT2D eigenvalue weighted by atomic mass is 10.3. The quantitative estimate of drug-likeness (QED) is 0.503. The summed E-state index contributed by atoms with van der Waals surface area (Å²) in [5, 5.41) is 6.29. The lowest BCUT2D eigenvalue weighted by molar-refractivity contribution is 0.393. The van der Waals surface area contributed by atoms with E-state index in [2.05, 4.69) is 15.2 Å². The van der Waals surface area contributed by atoms with Crippen LogP contribution in [0.3, 0.4) is 0 Å². The molecular weight excluding hydrogens is 278 g/mol. The highest BCUT2D eigenvalue weighted by Crippen LogP contribution is 2.18. The maximum Gasteiger partial charge on any atom is 0.213 e. The van der Waals surface area contributed by atoms with Crippen LogP contribution >= 0.6 is 35.6 Å². The van der Waals surface area contributed by atoms with Crippen LogP contribution in [0.4, 0.5) is 0 Å². The largest absolute Gasteiger partial charge is 0.483 e. The molecule has 1 aromatic carbocycles. The van der Waals surface area contributed by atoms with Crippen molar-refractivity contribution in [2.75, 3.05) is 5.94 Å². The lowest BCUT2D eigenvalue weighted by Gasteiger charge is -2.04. The summed E-state index contributed by atoms with van der Waals surface area (Å²) in [5.74, 6) is 2.83. The molecule has 0 saturated carbocycles. The number of halogens is 1. The van der Waals surface area contributed by atoms with Gasteiger partial charge in [-0.15, -0.1) is 11.8 Å². The van der Waals surface area contributed by atoms with E-state index in [1.807, 2.05) is 18.2 Å². The molecule has 1 heterocycles. The molecule has 0 radical (unpaired) electrons. The second-order valence-corrected chi connectivity index (χ2v) is 4.94. The SMILES string of the molecule is S=c1nc(CSCOc2cccc(Cl)c2)[nH][nH]1. The number of benzene rings is 1. The molecule has 0 aliphatic heterocycles. The van der Waals surface area contributed by atoms with Crippen molar-refractivity contribution in [3.8, 4) is 5.75 Å². The minimum atomic E-state index is 0.469. The highest BCUT2D eigenvalue weighted by Gasteiger charge is 1.98. The van der Waals surface area contributed by atoms with Crippen LogP contribution in [0.15, 0.2) is 24.3 Å². The highest BCUT2D eigenvalue weighted by molar-refractivity contribution is 7.98. The average molecular weight is 288 g/mol. The second-order valence-electron chi connectivity index (χ2n) is 3.18. The van der Waals surface area contributed by atoms with E-state index < -0.39 is 0 Å². The van der Waals surface area contributed by atoms with E-state index in [0.717, 1.165) is 11.6 Å². The number of rotatable bonds is 5. The number of ether oxygens (including phenoxy) is 1. The fourth-order valence-corrected chi connectivity index (χ4v) is 2.15. The predicted molar refractivity (Wildman–Crippen MR) is 72.0 cm³/mol. The molecule has 2 N–H and O–H groups in total. The number of H-pyrrole nitrogens is 2. The first-order chi connectivity index (χ1) is 8.24. The Morgan fingerprint density at radius 1 is 1.41 bits per heavy atom. The van der Waals surface area contributed by atoms with E-state index in [1.165, 1.54) is 0 Å². The van der Waals surface area contributed by atoms with Gasteiger partial charge in [0.1, 0.15) is 17.5 Å². The number of nitrogens with zero attached hydrogens (tertiary/aromatic N) is 1. The normalized spacial score (nSPS) is 10.4. The Morgan fingerprint density at radius 2 is 2.29 bits per heavy atom. The first-order valence-corrected chi connectivity index (χ1v) is 6.78. The van der Waals surface area contributed by atoms with Gasteiger partial charge >= 0.3 is 0 Å². The first kappa shape index (κ1) is 12.5. The van der Waals surface area contributed by atoms with Gasteiger partial charge in [-0.2, -0.15) is 0 Å². The average Bonchev–Trinajstić information content (AvgIpc) is 2.71. The molecule has 90 valence electrons. The summed E-state index contributed by atoms with van der Waals surface area (Å²) in [7, 11) is 0. The summed E-state index contributed by atoms with van der Waals surface area (Å²) >= 11 is 12.3. The number of hydrogen-bond acceptors (Lipinski definition) is 4. The first-order valence-electron chi connectivity index (χ1n) is 4.84. The van der Waals surface area contributed by atoms with Crippen LogP contribution in [0, 0.1) is 4.77 Å². The van der Waals surface area contributed by atoms with Gasteiger partial charge < -0.3 is 4.74 Å². The van der Waals surface area contributed by atoms with Crippen LogP contribution in [-0.2, 0) is 5.75 Å². The minimum Gasteiger partial charge on any atom is -0.483 e. The zero-order valence-corrected chi connectivity index (χ0v) is 11.2. The number of aromatic nitrogens is 3. The van der Waals surface area contributed by atoms with Crippen molar-refractivity contribution in [1.82, 2.24) is 15.2 Å². The number of thioether (sulfide) groups is 1. The van der Waals surface area contributed by atoms with Crippen LogP contribution < -0.4 is 4.74 Å². The van der Waals surface area contributed by atoms with Crippen molar-refractivity contribution in [3.63, 3.8) is 0 Å². The highest BCUT2D eigenvalue weighted by atomic mass is 35.5. The van der Waals surface area contributed by atoms with Crippen LogP contribution in [0.5, 0.6) is 5.75 Å². The van der Waals surface area contributed by atoms with E-state index in [9.17, 15) is 0 Å². The summed E-state index contributed by atoms with van der Waals surface area (Å²) in [6, 6.07) is 7.32. The van der Waals surface area contributed by atoms with Crippen LogP contribution in [0.2, 0.25) is 5.02 Å². The summed E-state index contributed by atoms with van der Waals surface area (Å²) < 4.78 is 5.98. The zero-order valence-electron chi connectivity index (χ0n) is 8.77. The van der Waals surface area contributed by atoms with Crippen molar-refractivity contribution in [1.29, 1.82) is 0 Å². The van der Waals surface area contributed by atoms with Gasteiger partial charge in [0.15, 0.2) is 0 Å². The Bertz CT molecular complexity index is 540. The standard InChI is InChI=1S/C10H10ClN3OS2/c11-7-2-1-3-8(4-7)15-6-17-5-9-12-10(16)14-13-9/h1-4H,5-6H2,(H2,12,13,14,16). The molecule has 0 aliphatic carbocycles. The number of nitrogens with one attached hydrogen (secondary N) is 2. The molecule has 0 bridgehead atoms. The summed E-state index contributed by atoms with van der Waals surface area (Å²) in [6.45, 7) is 0. The molecule has 17 heavy (non-hydrogen) atoms. The van der Waals surface area contributed by atoms with Crippen molar-refractivity contribution in [2.24, 2.45) is 0 Å². The molecule has 0 saturated heterocycles. The smallest absolute Gasteiger partial charge is 0.213 e. The molecule has 2 rings (SSSR count). The molecular formula is C10H10ClN3OS2. The Labute approximate surface area is 113 Å². The van der Waals surface area contributed by atoms with Crippen LogP contribution in [0.25, 0.3) is 0 Å². The monoisotopic (exact) mass is 287 g/mol. The van der Waals surface area contributed by atoms with Gasteiger partial charge in [-0.25, -0.2) is 4.98 Å². The third kappa shape index (κ3) is 4.07. The van der Waals surface area contributed by atoms with Gasteiger partial charge in [0, 0.05) is 5.02 Å².